The van der Waals surface area contributed by atoms with Gasteiger partial charge in [0, 0.05) is 11.3 Å². The molecule has 0 spiro atoms. The van der Waals surface area contributed by atoms with Crippen molar-refractivity contribution in [3.05, 3.63) is 59.4 Å². The van der Waals surface area contributed by atoms with Crippen LogP contribution >= 0.6 is 0 Å². The first-order chi connectivity index (χ1) is 9.90. The van der Waals surface area contributed by atoms with E-state index in [1.54, 1.807) is 6.07 Å². The average Bonchev–Trinajstić information content (AvgIpc) is 2.46. The number of nitrogens with zero attached hydrogens (tertiary/aromatic N) is 1. The van der Waals surface area contributed by atoms with Gasteiger partial charge < -0.3 is 5.32 Å². The van der Waals surface area contributed by atoms with E-state index < -0.39 is 17.8 Å². The van der Waals surface area contributed by atoms with Gasteiger partial charge in [0.2, 0.25) is 0 Å². The smallest absolute Gasteiger partial charge is 0.321 e. The van der Waals surface area contributed by atoms with Crippen LogP contribution in [0.5, 0.6) is 0 Å². The van der Waals surface area contributed by atoms with Gasteiger partial charge in [-0.25, -0.2) is 4.98 Å². The lowest BCUT2D eigenvalue weighted by molar-refractivity contribution is -0.141. The number of amides is 1. The molecule has 0 aliphatic rings. The van der Waals surface area contributed by atoms with Gasteiger partial charge in [-0.15, -0.1) is 0 Å². The van der Waals surface area contributed by atoms with Crippen LogP contribution in [0.2, 0.25) is 0 Å². The number of alkyl halides is 3. The van der Waals surface area contributed by atoms with Crippen LogP contribution in [0, 0.1) is 0 Å². The van der Waals surface area contributed by atoms with Crippen LogP contribution in [0.15, 0.2) is 42.5 Å². The third-order valence-corrected chi connectivity index (χ3v) is 2.55. The van der Waals surface area contributed by atoms with Crippen LogP contribution in [0.4, 0.5) is 18.9 Å². The van der Waals surface area contributed by atoms with E-state index in [1.807, 2.05) is 0 Å². The van der Waals surface area contributed by atoms with Crippen LogP contribution in [0.25, 0.3) is 0 Å². The van der Waals surface area contributed by atoms with E-state index in [9.17, 15) is 22.8 Å². The van der Waals surface area contributed by atoms with Crippen LogP contribution in [0.1, 0.15) is 26.5 Å². The Morgan fingerprint density at radius 1 is 1.14 bits per heavy atom. The zero-order valence-corrected chi connectivity index (χ0v) is 10.5. The predicted molar refractivity (Wildman–Crippen MR) is 69.0 cm³/mol. The van der Waals surface area contributed by atoms with Crippen molar-refractivity contribution in [2.24, 2.45) is 0 Å². The van der Waals surface area contributed by atoms with E-state index in [0.29, 0.717) is 17.5 Å². The van der Waals surface area contributed by atoms with Gasteiger partial charge in [-0.1, -0.05) is 18.2 Å². The van der Waals surface area contributed by atoms with Crippen molar-refractivity contribution in [1.82, 2.24) is 4.98 Å². The highest BCUT2D eigenvalue weighted by Crippen LogP contribution is 2.27. The van der Waals surface area contributed by atoms with Gasteiger partial charge in [0.25, 0.3) is 5.91 Å². The normalized spacial score (nSPS) is 11.0. The Morgan fingerprint density at radius 2 is 1.86 bits per heavy atom. The molecule has 0 fully saturated rings. The van der Waals surface area contributed by atoms with Crippen molar-refractivity contribution in [1.29, 1.82) is 0 Å². The minimum absolute atomic E-state index is 0.295. The second kappa shape index (κ2) is 5.74. The monoisotopic (exact) mass is 294 g/mol. The molecule has 4 nitrogen and oxygen atoms in total. The molecule has 21 heavy (non-hydrogen) atoms. The molecule has 1 heterocycles. The standard InChI is InChI=1S/C14H9F3N2O2/c15-14(16,17)12-6-2-5-11(19-12)13(21)18-10-4-1-3-9(7-10)8-20/h1-8H,(H,18,21). The summed E-state index contributed by atoms with van der Waals surface area (Å²) in [5.74, 6) is -0.788. The van der Waals surface area contributed by atoms with E-state index in [2.05, 4.69) is 10.3 Å². The summed E-state index contributed by atoms with van der Waals surface area (Å²) in [5.41, 5.74) is -0.869. The molecule has 1 N–H and O–H groups in total. The fourth-order valence-corrected chi connectivity index (χ4v) is 1.60. The SMILES string of the molecule is O=Cc1cccc(NC(=O)c2cccc(C(F)(F)F)n2)c1. The molecule has 7 heteroatoms. The number of carbonyl (C=O) groups is 2. The number of aromatic nitrogens is 1. The third kappa shape index (κ3) is 3.65. The third-order valence-electron chi connectivity index (χ3n) is 2.55. The number of rotatable bonds is 3. The van der Waals surface area contributed by atoms with Crippen molar-refractivity contribution in [2.75, 3.05) is 5.32 Å². The van der Waals surface area contributed by atoms with Crippen LogP contribution < -0.4 is 5.32 Å². The lowest BCUT2D eigenvalue weighted by Gasteiger charge is -2.08. The molecule has 2 aromatic rings. The molecule has 0 saturated carbocycles. The summed E-state index contributed by atoms with van der Waals surface area (Å²) in [4.78, 5) is 25.8. The molecule has 0 saturated heterocycles. The molecule has 108 valence electrons. The Hall–Kier alpha value is -2.70. The summed E-state index contributed by atoms with van der Waals surface area (Å²) in [5, 5.41) is 2.38. The summed E-state index contributed by atoms with van der Waals surface area (Å²) in [6.07, 6.45) is -4.02. The minimum atomic E-state index is -4.62. The highest BCUT2D eigenvalue weighted by Gasteiger charge is 2.32. The van der Waals surface area contributed by atoms with Crippen LogP contribution in [0.3, 0.4) is 0 Å². The maximum Gasteiger partial charge on any atom is 0.433 e. The lowest BCUT2D eigenvalue weighted by atomic mass is 10.2. The van der Waals surface area contributed by atoms with E-state index in [4.69, 9.17) is 0 Å². The van der Waals surface area contributed by atoms with E-state index in [0.717, 1.165) is 12.1 Å². The first-order valence-electron chi connectivity index (χ1n) is 5.81. The number of benzene rings is 1. The number of pyridine rings is 1. The number of anilines is 1. The summed E-state index contributed by atoms with van der Waals surface area (Å²) in [7, 11) is 0. The molecule has 0 unspecified atom stereocenters. The highest BCUT2D eigenvalue weighted by atomic mass is 19.4. The van der Waals surface area contributed by atoms with Gasteiger partial charge in [-0.05, 0) is 24.3 Å². The first-order valence-corrected chi connectivity index (χ1v) is 5.81. The molecular weight excluding hydrogens is 285 g/mol. The number of hydrogen-bond donors (Lipinski definition) is 1. The average molecular weight is 294 g/mol. The summed E-state index contributed by atoms with van der Waals surface area (Å²) in [6, 6.07) is 9.05. The second-order valence-corrected chi connectivity index (χ2v) is 4.10. The van der Waals surface area contributed by atoms with Gasteiger partial charge in [0.05, 0.1) is 0 Å². The Bertz CT molecular complexity index is 684. The first kappa shape index (κ1) is 14.7. The largest absolute Gasteiger partial charge is 0.433 e. The Labute approximate surface area is 117 Å². The van der Waals surface area contributed by atoms with Gasteiger partial charge in [-0.2, -0.15) is 13.2 Å². The minimum Gasteiger partial charge on any atom is -0.321 e. The molecule has 2 rings (SSSR count). The topological polar surface area (TPSA) is 59.1 Å². The molecule has 0 bridgehead atoms. The second-order valence-electron chi connectivity index (χ2n) is 4.10. The van der Waals surface area contributed by atoms with Gasteiger partial charge >= 0.3 is 6.18 Å². The molecule has 0 radical (unpaired) electrons. The van der Waals surface area contributed by atoms with Crippen molar-refractivity contribution < 1.29 is 22.8 Å². The van der Waals surface area contributed by atoms with Crippen molar-refractivity contribution in [3.8, 4) is 0 Å². The van der Waals surface area contributed by atoms with Gasteiger partial charge in [0.15, 0.2) is 0 Å². The summed E-state index contributed by atoms with van der Waals surface area (Å²) < 4.78 is 37.6. The van der Waals surface area contributed by atoms with Gasteiger partial charge in [-0.3, -0.25) is 9.59 Å². The van der Waals surface area contributed by atoms with Crippen LogP contribution in [-0.2, 0) is 6.18 Å². The predicted octanol–water partition coefficient (Wildman–Crippen LogP) is 3.17. The van der Waals surface area contributed by atoms with Crippen molar-refractivity contribution in [3.63, 3.8) is 0 Å². The Balaban J connectivity index is 2.22. The van der Waals surface area contributed by atoms with E-state index >= 15 is 0 Å². The number of halogens is 3. The fourth-order valence-electron chi connectivity index (χ4n) is 1.60. The maximum absolute atomic E-state index is 12.5. The molecule has 1 aromatic carbocycles. The van der Waals surface area contributed by atoms with Gasteiger partial charge in [0.1, 0.15) is 17.7 Å². The van der Waals surface area contributed by atoms with Crippen LogP contribution in [-0.4, -0.2) is 17.2 Å². The number of carbonyl (C=O) groups excluding carboxylic acids is 2. The number of aldehydes is 1. The molecule has 0 aliphatic heterocycles. The quantitative estimate of drug-likeness (QED) is 0.885. The maximum atomic E-state index is 12.5. The van der Waals surface area contributed by atoms with E-state index in [1.165, 1.54) is 24.3 Å². The zero-order chi connectivity index (χ0) is 15.5. The summed E-state index contributed by atoms with van der Waals surface area (Å²) >= 11 is 0. The van der Waals surface area contributed by atoms with Crippen molar-refractivity contribution in [2.45, 2.75) is 6.18 Å². The highest BCUT2D eigenvalue weighted by molar-refractivity contribution is 6.03. The molecule has 1 amide bonds. The molecular formula is C14H9F3N2O2. The fraction of sp³-hybridized carbons (Fsp3) is 0.0714. The Morgan fingerprint density at radius 3 is 2.52 bits per heavy atom. The number of hydrogen-bond acceptors (Lipinski definition) is 3. The Kier molecular flexibility index (Phi) is 4.02. The molecule has 0 atom stereocenters. The lowest BCUT2D eigenvalue weighted by Crippen LogP contribution is -2.17. The number of nitrogens with one attached hydrogen (secondary N) is 1. The zero-order valence-electron chi connectivity index (χ0n) is 10.5. The summed E-state index contributed by atoms with van der Waals surface area (Å²) in [6.45, 7) is 0. The van der Waals surface area contributed by atoms with Crippen molar-refractivity contribution >= 4 is 17.9 Å². The molecule has 1 aromatic heterocycles. The van der Waals surface area contributed by atoms with E-state index in [-0.39, 0.29) is 5.69 Å². The molecule has 0 aliphatic carbocycles.